The number of carbonyl (C=O) groups is 4. The minimum absolute atomic E-state index is 0.00684. The highest BCUT2D eigenvalue weighted by Crippen LogP contribution is 2.05. The molecule has 0 spiro atoms. The fourth-order valence-electron chi connectivity index (χ4n) is 3.69. The van der Waals surface area contributed by atoms with Gasteiger partial charge in [-0.05, 0) is 36.0 Å². The second kappa shape index (κ2) is 18.5. The van der Waals surface area contributed by atoms with E-state index < -0.39 is 23.9 Å². The van der Waals surface area contributed by atoms with E-state index in [1.807, 2.05) is 74.5 Å². The van der Waals surface area contributed by atoms with E-state index in [1.54, 1.807) is 6.08 Å². The van der Waals surface area contributed by atoms with E-state index in [9.17, 15) is 19.2 Å². The van der Waals surface area contributed by atoms with E-state index >= 15 is 0 Å². The highest BCUT2D eigenvalue weighted by molar-refractivity contribution is 5.92. The van der Waals surface area contributed by atoms with Crippen LogP contribution in [-0.2, 0) is 25.7 Å². The number of benzene rings is 2. The SMILES string of the molecule is CC(C)[C@@H](CNC(=O)C=Cc1ccccc1)NC(=O)CNC(=O)[C@H](CCCN=C(N)N)NC(=O)OCc1ccccc1. The van der Waals surface area contributed by atoms with Crippen molar-refractivity contribution in [1.29, 1.82) is 0 Å². The lowest BCUT2D eigenvalue weighted by atomic mass is 10.0. The summed E-state index contributed by atoms with van der Waals surface area (Å²) in [5.74, 6) is -1.37. The minimum atomic E-state index is -0.980. The number of nitrogens with one attached hydrogen (secondary N) is 4. The first-order valence-electron chi connectivity index (χ1n) is 13.7. The van der Waals surface area contributed by atoms with Crippen LogP contribution in [0.5, 0.6) is 0 Å². The first kappa shape index (κ1) is 33.3. The van der Waals surface area contributed by atoms with Crippen LogP contribution >= 0.6 is 0 Å². The molecule has 4 amide bonds. The Morgan fingerprint density at radius 2 is 1.60 bits per heavy atom. The zero-order chi connectivity index (χ0) is 30.7. The van der Waals surface area contributed by atoms with Crippen molar-refractivity contribution >= 4 is 35.9 Å². The number of alkyl carbamates (subject to hydrolysis) is 1. The Kier molecular flexibility index (Phi) is 14.7. The fraction of sp³-hybridized carbons (Fsp3) is 0.367. The highest BCUT2D eigenvalue weighted by Gasteiger charge is 2.23. The third kappa shape index (κ3) is 14.0. The van der Waals surface area contributed by atoms with Crippen LogP contribution in [0.15, 0.2) is 71.7 Å². The lowest BCUT2D eigenvalue weighted by Crippen LogP contribution is -2.52. The molecule has 0 fully saturated rings. The molecular formula is C30H41N7O5. The molecule has 8 N–H and O–H groups in total. The van der Waals surface area contributed by atoms with Crippen molar-refractivity contribution in [2.75, 3.05) is 19.6 Å². The van der Waals surface area contributed by atoms with Gasteiger partial charge in [-0.1, -0.05) is 74.5 Å². The predicted molar refractivity (Wildman–Crippen MR) is 162 cm³/mol. The Hall–Kier alpha value is -4.87. The summed E-state index contributed by atoms with van der Waals surface area (Å²) in [5.41, 5.74) is 12.4. The number of guanidine groups is 1. The minimum Gasteiger partial charge on any atom is -0.445 e. The summed E-state index contributed by atoms with van der Waals surface area (Å²) in [5, 5.41) is 10.7. The lowest BCUT2D eigenvalue weighted by Gasteiger charge is -2.23. The molecule has 0 saturated heterocycles. The summed E-state index contributed by atoms with van der Waals surface area (Å²) in [6.45, 7) is 4.00. The van der Waals surface area contributed by atoms with Crippen LogP contribution in [0.3, 0.4) is 0 Å². The largest absolute Gasteiger partial charge is 0.445 e. The van der Waals surface area contributed by atoms with E-state index in [-0.39, 0.29) is 56.5 Å². The van der Waals surface area contributed by atoms with Gasteiger partial charge in [-0.25, -0.2) is 4.79 Å². The predicted octanol–water partition coefficient (Wildman–Crippen LogP) is 1.42. The number of nitrogens with two attached hydrogens (primary N) is 2. The Morgan fingerprint density at radius 3 is 2.24 bits per heavy atom. The van der Waals surface area contributed by atoms with Crippen molar-refractivity contribution in [2.45, 2.75) is 45.4 Å². The molecule has 0 bridgehead atoms. The summed E-state index contributed by atoms with van der Waals surface area (Å²) < 4.78 is 5.23. The first-order valence-corrected chi connectivity index (χ1v) is 13.7. The van der Waals surface area contributed by atoms with Crippen LogP contribution in [0.4, 0.5) is 4.79 Å². The van der Waals surface area contributed by atoms with Crippen molar-refractivity contribution in [2.24, 2.45) is 22.4 Å². The maximum atomic E-state index is 12.9. The quantitative estimate of drug-likeness (QED) is 0.0750. The molecule has 0 unspecified atom stereocenters. The van der Waals surface area contributed by atoms with Crippen LogP contribution in [0.25, 0.3) is 6.08 Å². The number of ether oxygens (including phenoxy) is 1. The molecule has 12 nitrogen and oxygen atoms in total. The zero-order valence-corrected chi connectivity index (χ0v) is 24.0. The van der Waals surface area contributed by atoms with Crippen LogP contribution in [0.1, 0.15) is 37.8 Å². The molecule has 0 aliphatic heterocycles. The van der Waals surface area contributed by atoms with Crippen LogP contribution in [0.2, 0.25) is 0 Å². The summed E-state index contributed by atoms with van der Waals surface area (Å²) in [4.78, 5) is 54.1. The van der Waals surface area contributed by atoms with Gasteiger partial charge in [0.2, 0.25) is 17.7 Å². The molecule has 0 aromatic heterocycles. The normalized spacial score (nSPS) is 12.2. The van der Waals surface area contributed by atoms with Gasteiger partial charge in [0, 0.05) is 25.2 Å². The Labute approximate surface area is 246 Å². The van der Waals surface area contributed by atoms with E-state index in [0.717, 1.165) is 11.1 Å². The van der Waals surface area contributed by atoms with Crippen LogP contribution < -0.4 is 32.7 Å². The van der Waals surface area contributed by atoms with Gasteiger partial charge < -0.3 is 37.5 Å². The first-order chi connectivity index (χ1) is 20.1. The fourth-order valence-corrected chi connectivity index (χ4v) is 3.69. The average molecular weight is 580 g/mol. The summed E-state index contributed by atoms with van der Waals surface area (Å²) >= 11 is 0. The van der Waals surface area contributed by atoms with Crippen molar-refractivity contribution < 1.29 is 23.9 Å². The van der Waals surface area contributed by atoms with Crippen LogP contribution in [-0.4, -0.2) is 61.5 Å². The number of hydrogen-bond acceptors (Lipinski definition) is 6. The summed E-state index contributed by atoms with van der Waals surface area (Å²) in [7, 11) is 0. The van der Waals surface area contributed by atoms with E-state index in [0.29, 0.717) is 6.42 Å². The van der Waals surface area contributed by atoms with Gasteiger partial charge in [0.25, 0.3) is 0 Å². The van der Waals surface area contributed by atoms with Gasteiger partial charge >= 0.3 is 6.09 Å². The molecule has 2 aromatic rings. The highest BCUT2D eigenvalue weighted by atomic mass is 16.5. The molecule has 0 radical (unpaired) electrons. The van der Waals surface area contributed by atoms with Crippen molar-refractivity contribution in [3.8, 4) is 0 Å². The van der Waals surface area contributed by atoms with Gasteiger partial charge in [0.1, 0.15) is 12.6 Å². The molecule has 42 heavy (non-hydrogen) atoms. The third-order valence-electron chi connectivity index (χ3n) is 6.06. The molecule has 226 valence electrons. The maximum absolute atomic E-state index is 12.9. The van der Waals surface area contributed by atoms with Gasteiger partial charge in [0.15, 0.2) is 5.96 Å². The molecule has 0 saturated carbocycles. The van der Waals surface area contributed by atoms with Gasteiger partial charge in [-0.3, -0.25) is 19.4 Å². The summed E-state index contributed by atoms with van der Waals surface area (Å²) in [6.07, 6.45) is 2.96. The van der Waals surface area contributed by atoms with Gasteiger partial charge in [-0.2, -0.15) is 0 Å². The Balaban J connectivity index is 1.86. The molecule has 12 heteroatoms. The number of nitrogens with zero attached hydrogens (tertiary/aromatic N) is 1. The van der Waals surface area contributed by atoms with E-state index in [1.165, 1.54) is 6.08 Å². The van der Waals surface area contributed by atoms with E-state index in [2.05, 4.69) is 26.3 Å². The molecule has 0 heterocycles. The molecule has 2 rings (SSSR count). The molecule has 2 atom stereocenters. The van der Waals surface area contributed by atoms with E-state index in [4.69, 9.17) is 16.2 Å². The van der Waals surface area contributed by atoms with Crippen molar-refractivity contribution in [3.05, 3.63) is 77.9 Å². The number of aliphatic imine (C=N–C) groups is 1. The Morgan fingerprint density at radius 1 is 0.929 bits per heavy atom. The number of carbonyl (C=O) groups excluding carboxylic acids is 4. The Bertz CT molecular complexity index is 1200. The zero-order valence-electron chi connectivity index (χ0n) is 24.0. The summed E-state index contributed by atoms with van der Waals surface area (Å²) in [6, 6.07) is 17.2. The molecule has 0 aliphatic rings. The number of hydrogen-bond donors (Lipinski definition) is 6. The van der Waals surface area contributed by atoms with Crippen molar-refractivity contribution in [3.63, 3.8) is 0 Å². The van der Waals surface area contributed by atoms with Gasteiger partial charge in [0.05, 0.1) is 6.54 Å². The standard InChI is InChI=1S/C30H41N7O5/c1-21(2)25(18-34-26(38)16-15-22-10-5-3-6-11-22)36-27(39)19-35-28(40)24(14-9-17-33-29(31)32)37-30(41)42-20-23-12-7-4-8-13-23/h3-8,10-13,15-16,21,24-25H,9,14,17-20H2,1-2H3,(H,34,38)(H,35,40)(H,36,39)(H,37,41)(H4,31,32,33)/t24-,25+/m0/s1. The monoisotopic (exact) mass is 579 g/mol. The molecular weight excluding hydrogens is 538 g/mol. The smallest absolute Gasteiger partial charge is 0.408 e. The van der Waals surface area contributed by atoms with Gasteiger partial charge in [-0.15, -0.1) is 0 Å². The number of amides is 4. The third-order valence-corrected chi connectivity index (χ3v) is 6.06. The topological polar surface area (TPSA) is 190 Å². The second-order valence-corrected chi connectivity index (χ2v) is 9.83. The second-order valence-electron chi connectivity index (χ2n) is 9.83. The molecule has 2 aromatic carbocycles. The lowest BCUT2D eigenvalue weighted by molar-refractivity contribution is -0.127. The van der Waals surface area contributed by atoms with Crippen LogP contribution in [0, 0.1) is 5.92 Å². The molecule has 0 aliphatic carbocycles. The van der Waals surface area contributed by atoms with Crippen molar-refractivity contribution in [1.82, 2.24) is 21.3 Å². The maximum Gasteiger partial charge on any atom is 0.408 e. The number of rotatable bonds is 16. The average Bonchev–Trinajstić information content (AvgIpc) is 2.98.